The number of hydrogen-bond donors (Lipinski definition) is 2. The zero-order valence-corrected chi connectivity index (χ0v) is 25.2. The van der Waals surface area contributed by atoms with Crippen LogP contribution in [0.15, 0.2) is 35.3 Å². The van der Waals surface area contributed by atoms with E-state index in [1.54, 1.807) is 0 Å². The lowest BCUT2D eigenvalue weighted by atomic mass is 10.1. The van der Waals surface area contributed by atoms with Gasteiger partial charge in [-0.3, -0.25) is 19.5 Å². The molecule has 0 saturated heterocycles. The van der Waals surface area contributed by atoms with Crippen molar-refractivity contribution in [3.8, 4) is 0 Å². The Morgan fingerprint density at radius 3 is 2.15 bits per heavy atom. The molecule has 0 aromatic carbocycles. The average Bonchev–Trinajstić information content (AvgIpc) is 3.70. The summed E-state index contributed by atoms with van der Waals surface area (Å²) in [4.78, 5) is 38.3. The first kappa shape index (κ1) is 28.9. The number of carbonyl (C=O) groups excluding carboxylic acids is 2. The molecule has 3 atom stereocenters. The minimum Gasteiger partial charge on any atom is -0.363 e. The molecule has 5 rings (SSSR count). The third-order valence-corrected chi connectivity index (χ3v) is 9.01. The SMILES string of the molecule is CN(C)c1cccc(CC(=O)Nc2nnc([C@H]3CC[C@H](c4nnc(NC(=O)CC5=NC(N(C)C)CC=C5)s4)C3)s2)n1. The number of amides is 2. The first-order chi connectivity index (χ1) is 19.7. The summed E-state index contributed by atoms with van der Waals surface area (Å²) in [6.07, 6.45) is 8.03. The monoisotopic (exact) mass is 594 g/mol. The van der Waals surface area contributed by atoms with Crippen molar-refractivity contribution in [2.24, 2.45) is 4.99 Å². The van der Waals surface area contributed by atoms with Crippen LogP contribution in [0.3, 0.4) is 0 Å². The number of nitrogens with one attached hydrogen (secondary N) is 2. The molecule has 3 aromatic heterocycles. The number of hydrogen-bond acceptors (Lipinski definition) is 12. The maximum atomic E-state index is 12.6. The molecule has 1 aliphatic heterocycles. The van der Waals surface area contributed by atoms with E-state index in [2.05, 4.69) is 47.1 Å². The van der Waals surface area contributed by atoms with Crippen LogP contribution in [0, 0.1) is 0 Å². The van der Waals surface area contributed by atoms with Crippen LogP contribution in [0.4, 0.5) is 16.1 Å². The third-order valence-electron chi connectivity index (χ3n) is 7.01. The molecule has 2 aliphatic rings. The molecule has 1 unspecified atom stereocenters. The van der Waals surface area contributed by atoms with Gasteiger partial charge < -0.3 is 15.5 Å². The van der Waals surface area contributed by atoms with Gasteiger partial charge in [0, 0.05) is 38.1 Å². The fourth-order valence-corrected chi connectivity index (χ4v) is 6.66. The number of nitrogens with zero attached hydrogens (tertiary/aromatic N) is 8. The topological polar surface area (TPSA) is 141 Å². The zero-order chi connectivity index (χ0) is 28.9. The fourth-order valence-electron chi connectivity index (χ4n) is 4.84. The van der Waals surface area contributed by atoms with Gasteiger partial charge in [0.2, 0.25) is 22.1 Å². The maximum Gasteiger partial charge on any atom is 0.232 e. The predicted octanol–water partition coefficient (Wildman–Crippen LogP) is 3.70. The van der Waals surface area contributed by atoms with Gasteiger partial charge in [0.15, 0.2) is 0 Å². The Morgan fingerprint density at radius 2 is 1.54 bits per heavy atom. The van der Waals surface area contributed by atoms with Gasteiger partial charge in [0.05, 0.1) is 18.5 Å². The van der Waals surface area contributed by atoms with Crippen LogP contribution < -0.4 is 15.5 Å². The van der Waals surface area contributed by atoms with Crippen molar-refractivity contribution in [3.63, 3.8) is 0 Å². The molecule has 0 radical (unpaired) electrons. The van der Waals surface area contributed by atoms with Crippen LogP contribution in [0.5, 0.6) is 0 Å². The van der Waals surface area contributed by atoms with E-state index in [0.29, 0.717) is 16.0 Å². The largest absolute Gasteiger partial charge is 0.363 e. The maximum absolute atomic E-state index is 12.6. The van der Waals surface area contributed by atoms with Gasteiger partial charge in [-0.15, -0.1) is 20.4 Å². The molecule has 4 heterocycles. The number of rotatable bonds is 10. The lowest BCUT2D eigenvalue weighted by molar-refractivity contribution is -0.116. The summed E-state index contributed by atoms with van der Waals surface area (Å²) in [5.74, 6) is 0.965. The first-order valence-electron chi connectivity index (χ1n) is 13.5. The van der Waals surface area contributed by atoms with Crippen molar-refractivity contribution in [2.75, 3.05) is 43.7 Å². The van der Waals surface area contributed by atoms with E-state index in [1.807, 2.05) is 62.3 Å². The van der Waals surface area contributed by atoms with E-state index in [4.69, 9.17) is 0 Å². The molecular weight excluding hydrogens is 560 g/mol. The molecule has 1 fully saturated rings. The molecule has 1 aliphatic carbocycles. The molecule has 2 amide bonds. The second-order valence-electron chi connectivity index (χ2n) is 10.6. The van der Waals surface area contributed by atoms with Crippen LogP contribution >= 0.6 is 22.7 Å². The van der Waals surface area contributed by atoms with Crippen molar-refractivity contribution in [2.45, 2.75) is 56.5 Å². The molecule has 12 nitrogen and oxygen atoms in total. The Bertz CT molecular complexity index is 1450. The highest BCUT2D eigenvalue weighted by molar-refractivity contribution is 7.15. The highest BCUT2D eigenvalue weighted by Crippen LogP contribution is 2.45. The second kappa shape index (κ2) is 12.9. The lowest BCUT2D eigenvalue weighted by Crippen LogP contribution is -2.29. The van der Waals surface area contributed by atoms with Gasteiger partial charge in [-0.05, 0) is 51.6 Å². The number of aromatic nitrogens is 5. The van der Waals surface area contributed by atoms with Crippen LogP contribution in [0.1, 0.15) is 59.6 Å². The van der Waals surface area contributed by atoms with Crippen molar-refractivity contribution in [3.05, 3.63) is 46.1 Å². The Morgan fingerprint density at radius 1 is 0.902 bits per heavy atom. The minimum absolute atomic E-state index is 0.0647. The van der Waals surface area contributed by atoms with Crippen LogP contribution in [0.25, 0.3) is 0 Å². The zero-order valence-electron chi connectivity index (χ0n) is 23.6. The number of carbonyl (C=O) groups is 2. The van der Waals surface area contributed by atoms with E-state index >= 15 is 0 Å². The number of anilines is 3. The van der Waals surface area contributed by atoms with Gasteiger partial charge in [-0.2, -0.15) is 0 Å². The normalized spacial score (nSPS) is 20.2. The van der Waals surface area contributed by atoms with E-state index in [-0.39, 0.29) is 42.7 Å². The summed E-state index contributed by atoms with van der Waals surface area (Å²) in [6.45, 7) is 0. The molecule has 1 saturated carbocycles. The second-order valence-corrected chi connectivity index (χ2v) is 12.7. The Hall–Kier alpha value is -3.62. The first-order valence-corrected chi connectivity index (χ1v) is 15.2. The van der Waals surface area contributed by atoms with Crippen LogP contribution in [0.2, 0.25) is 0 Å². The highest BCUT2D eigenvalue weighted by atomic mass is 32.1. The van der Waals surface area contributed by atoms with E-state index in [1.165, 1.54) is 22.7 Å². The summed E-state index contributed by atoms with van der Waals surface area (Å²) >= 11 is 2.84. The fraction of sp³-hybridized carbons (Fsp3) is 0.481. The minimum atomic E-state index is -0.173. The number of allylic oxidation sites excluding steroid dienone is 1. The Kier molecular flexibility index (Phi) is 9.10. The summed E-state index contributed by atoms with van der Waals surface area (Å²) in [7, 11) is 7.79. The standard InChI is InChI=1S/C27H34N10O2S2/c1-36(2)20-9-5-7-18(28-20)14-22(38)30-26-34-32-24(40-26)16-11-12-17(13-16)25-33-35-27(41-25)31-23(39)15-19-8-6-10-21(29-19)37(3)4/h5-9,16-17,21H,10-15H2,1-4H3,(H,30,34,38)(H,31,35,39)/t16-,17-,21?/m0/s1. The van der Waals surface area contributed by atoms with E-state index in [0.717, 1.165) is 47.2 Å². The van der Waals surface area contributed by atoms with E-state index < -0.39 is 0 Å². The molecule has 14 heteroatoms. The number of pyridine rings is 1. The lowest BCUT2D eigenvalue weighted by Gasteiger charge is -2.22. The summed E-state index contributed by atoms with van der Waals surface area (Å²) in [6, 6.07) is 5.63. The Labute approximate surface area is 247 Å². The van der Waals surface area contributed by atoms with Gasteiger partial charge in [-0.1, -0.05) is 34.8 Å². The van der Waals surface area contributed by atoms with Crippen molar-refractivity contribution >= 4 is 56.3 Å². The number of dihydropyridines is 1. The summed E-state index contributed by atoms with van der Waals surface area (Å²) in [5.41, 5.74) is 1.46. The molecule has 216 valence electrons. The predicted molar refractivity (Wildman–Crippen MR) is 162 cm³/mol. The average molecular weight is 595 g/mol. The molecule has 0 spiro atoms. The summed E-state index contributed by atoms with van der Waals surface area (Å²) < 4.78 is 0. The smallest absolute Gasteiger partial charge is 0.232 e. The van der Waals surface area contributed by atoms with Crippen molar-refractivity contribution in [1.29, 1.82) is 0 Å². The Balaban J connectivity index is 1.11. The molecule has 2 N–H and O–H groups in total. The quantitative estimate of drug-likeness (QED) is 0.359. The van der Waals surface area contributed by atoms with Crippen LogP contribution in [-0.4, -0.2) is 82.2 Å². The summed E-state index contributed by atoms with van der Waals surface area (Å²) in [5, 5.41) is 25.7. The van der Waals surface area contributed by atoms with Gasteiger partial charge in [-0.25, -0.2) is 4.98 Å². The third kappa shape index (κ3) is 7.57. The van der Waals surface area contributed by atoms with Crippen LogP contribution in [-0.2, 0) is 16.0 Å². The van der Waals surface area contributed by atoms with Crippen molar-refractivity contribution < 1.29 is 9.59 Å². The molecule has 3 aromatic rings. The van der Waals surface area contributed by atoms with Gasteiger partial charge in [0.25, 0.3) is 0 Å². The number of aliphatic imine (C=N–C) groups is 1. The molecule has 41 heavy (non-hydrogen) atoms. The van der Waals surface area contributed by atoms with Gasteiger partial charge >= 0.3 is 0 Å². The molecular formula is C27H34N10O2S2. The van der Waals surface area contributed by atoms with Gasteiger partial charge in [0.1, 0.15) is 22.0 Å². The molecule has 0 bridgehead atoms. The highest BCUT2D eigenvalue weighted by Gasteiger charge is 2.32. The van der Waals surface area contributed by atoms with E-state index in [9.17, 15) is 9.59 Å². The van der Waals surface area contributed by atoms with Crippen molar-refractivity contribution in [1.82, 2.24) is 30.3 Å².